The summed E-state index contributed by atoms with van der Waals surface area (Å²) in [4.78, 5) is 0. The van der Waals surface area contributed by atoms with Crippen molar-refractivity contribution in [3.63, 3.8) is 0 Å². The Morgan fingerprint density at radius 3 is 2.45 bits per heavy atom. The van der Waals surface area contributed by atoms with E-state index in [2.05, 4.69) is 0 Å². The fraction of sp³-hybridized carbons (Fsp3) is 0.208. The first-order valence-corrected chi connectivity index (χ1v) is 11.2. The van der Waals surface area contributed by atoms with Gasteiger partial charge in [0, 0.05) is 27.6 Å². The highest BCUT2D eigenvalue weighted by Gasteiger charge is 2.42. The van der Waals surface area contributed by atoms with Crippen LogP contribution < -0.4 is 14.2 Å². The number of hydrazone groups is 1. The average Bonchev–Trinajstić information content (AvgIpc) is 3.26. The third-order valence-electron chi connectivity index (χ3n) is 5.79. The predicted octanol–water partition coefficient (Wildman–Crippen LogP) is 6.61. The van der Waals surface area contributed by atoms with Gasteiger partial charge in [-0.1, -0.05) is 34.8 Å². The van der Waals surface area contributed by atoms with Gasteiger partial charge in [-0.25, -0.2) is 5.01 Å². The van der Waals surface area contributed by atoms with Crippen LogP contribution in [-0.4, -0.2) is 30.0 Å². The van der Waals surface area contributed by atoms with Gasteiger partial charge in [0.15, 0.2) is 11.5 Å². The lowest BCUT2D eigenvalue weighted by molar-refractivity contribution is -0.0203. The molecule has 1 N–H and O–H groups in total. The topological polar surface area (TPSA) is 63.5 Å². The van der Waals surface area contributed by atoms with E-state index in [-0.39, 0.29) is 16.8 Å². The lowest BCUT2D eigenvalue weighted by Gasteiger charge is -2.38. The number of hydrogen-bond acceptors (Lipinski definition) is 6. The number of methoxy groups -OCH3 is 2. The van der Waals surface area contributed by atoms with Crippen molar-refractivity contribution in [1.29, 1.82) is 0 Å². The van der Waals surface area contributed by atoms with Gasteiger partial charge in [-0.15, -0.1) is 0 Å². The summed E-state index contributed by atoms with van der Waals surface area (Å²) >= 11 is 18.7. The molecule has 0 aliphatic carbocycles. The van der Waals surface area contributed by atoms with Crippen molar-refractivity contribution < 1.29 is 19.3 Å². The number of fused-ring (bicyclic) bond motifs is 3. The lowest BCUT2D eigenvalue weighted by Crippen LogP contribution is -2.33. The van der Waals surface area contributed by atoms with Gasteiger partial charge in [0.1, 0.15) is 11.5 Å². The van der Waals surface area contributed by atoms with Gasteiger partial charge in [-0.05, 0) is 48.5 Å². The van der Waals surface area contributed by atoms with E-state index < -0.39 is 6.23 Å². The third-order valence-corrected chi connectivity index (χ3v) is 6.53. The van der Waals surface area contributed by atoms with Crippen molar-refractivity contribution in [3.05, 3.63) is 80.3 Å². The third kappa shape index (κ3) is 3.82. The van der Waals surface area contributed by atoms with Crippen LogP contribution in [-0.2, 0) is 0 Å². The first-order valence-electron chi connectivity index (χ1n) is 10.1. The van der Waals surface area contributed by atoms with Crippen molar-refractivity contribution in [3.8, 4) is 23.0 Å². The van der Waals surface area contributed by atoms with E-state index in [4.69, 9.17) is 54.1 Å². The molecular formula is C24H19Cl3N2O4. The smallest absolute Gasteiger partial charge is 0.217 e. The molecule has 0 bridgehead atoms. The van der Waals surface area contributed by atoms with Crippen molar-refractivity contribution >= 4 is 40.5 Å². The standard InChI is InChI=1S/C24H19Cl3N2O4/c1-31-21-5-3-12(7-22(21)32-2)18-11-19-15-8-13(25)4-6-20(15)33-24(29(19)28-18)16-9-14(26)10-17(27)23(16)30/h3-10,19,24,30H,11H2,1-2H3/t19-,24-/m0/s1. The average molecular weight is 506 g/mol. The van der Waals surface area contributed by atoms with E-state index in [0.717, 1.165) is 16.8 Å². The lowest BCUT2D eigenvalue weighted by atomic mass is 9.95. The molecule has 2 aliphatic rings. The van der Waals surface area contributed by atoms with Crippen LogP contribution in [0.25, 0.3) is 0 Å². The van der Waals surface area contributed by atoms with Crippen LogP contribution in [0.1, 0.15) is 35.4 Å². The SMILES string of the molecule is COc1ccc(C2=NN3[C@@H](C2)c2cc(Cl)ccc2O[C@H]3c2cc(Cl)cc(Cl)c2O)cc1OC. The van der Waals surface area contributed by atoms with Crippen LogP contribution in [0.4, 0.5) is 0 Å². The second kappa shape index (κ2) is 8.52. The molecule has 0 aromatic heterocycles. The van der Waals surface area contributed by atoms with Crippen LogP contribution in [0.15, 0.2) is 53.6 Å². The molecule has 0 saturated heterocycles. The van der Waals surface area contributed by atoms with Gasteiger partial charge < -0.3 is 19.3 Å². The fourth-order valence-corrected chi connectivity index (χ4v) is 4.92. The second-order valence-corrected chi connectivity index (χ2v) is 8.97. The summed E-state index contributed by atoms with van der Waals surface area (Å²) in [5.74, 6) is 1.80. The molecule has 170 valence electrons. The first-order chi connectivity index (χ1) is 15.9. The minimum atomic E-state index is -0.738. The van der Waals surface area contributed by atoms with Crippen LogP contribution in [0.5, 0.6) is 23.0 Å². The molecule has 0 spiro atoms. The van der Waals surface area contributed by atoms with E-state index in [1.807, 2.05) is 35.3 Å². The quantitative estimate of drug-likeness (QED) is 0.432. The Morgan fingerprint density at radius 1 is 0.939 bits per heavy atom. The van der Waals surface area contributed by atoms with Crippen LogP contribution in [0, 0.1) is 0 Å². The van der Waals surface area contributed by atoms with Gasteiger partial charge in [-0.3, -0.25) is 0 Å². The molecule has 0 saturated carbocycles. The molecular weight excluding hydrogens is 487 g/mol. The number of phenols is 1. The van der Waals surface area contributed by atoms with Crippen LogP contribution >= 0.6 is 34.8 Å². The number of phenolic OH excluding ortho intramolecular Hbond substituents is 1. The van der Waals surface area contributed by atoms with E-state index in [1.54, 1.807) is 26.4 Å². The Hall–Kier alpha value is -2.80. The number of nitrogens with zero attached hydrogens (tertiary/aromatic N) is 2. The number of hydrogen-bond donors (Lipinski definition) is 1. The summed E-state index contributed by atoms with van der Waals surface area (Å²) in [7, 11) is 3.19. The molecule has 33 heavy (non-hydrogen) atoms. The number of halogens is 3. The molecule has 2 aliphatic heterocycles. The minimum Gasteiger partial charge on any atom is -0.506 e. The molecule has 6 nitrogen and oxygen atoms in total. The Bertz CT molecular complexity index is 1280. The second-order valence-electron chi connectivity index (χ2n) is 7.69. The van der Waals surface area contributed by atoms with Crippen molar-refractivity contribution in [2.45, 2.75) is 18.7 Å². The van der Waals surface area contributed by atoms with Crippen LogP contribution in [0.2, 0.25) is 15.1 Å². The van der Waals surface area contributed by atoms with Gasteiger partial charge in [0.2, 0.25) is 6.23 Å². The van der Waals surface area contributed by atoms with Gasteiger partial charge in [0.05, 0.1) is 36.6 Å². The van der Waals surface area contributed by atoms with E-state index in [9.17, 15) is 5.11 Å². The highest BCUT2D eigenvalue weighted by molar-refractivity contribution is 6.35. The fourth-order valence-electron chi connectivity index (χ4n) is 4.23. The minimum absolute atomic E-state index is 0.100. The summed E-state index contributed by atoms with van der Waals surface area (Å²) < 4.78 is 17.1. The molecule has 0 amide bonds. The summed E-state index contributed by atoms with van der Waals surface area (Å²) in [6, 6.07) is 14.1. The maximum atomic E-state index is 10.7. The Morgan fingerprint density at radius 2 is 1.70 bits per heavy atom. The molecule has 3 aromatic rings. The van der Waals surface area contributed by atoms with Crippen LogP contribution in [0.3, 0.4) is 0 Å². The normalized spacial score (nSPS) is 18.8. The van der Waals surface area contributed by atoms with Crippen molar-refractivity contribution in [2.75, 3.05) is 14.2 Å². The van der Waals surface area contributed by atoms with E-state index >= 15 is 0 Å². The first kappa shape index (κ1) is 22.0. The zero-order chi connectivity index (χ0) is 23.3. The molecule has 5 rings (SSSR count). The van der Waals surface area contributed by atoms with E-state index in [0.29, 0.717) is 39.3 Å². The highest BCUT2D eigenvalue weighted by atomic mass is 35.5. The zero-order valence-corrected chi connectivity index (χ0v) is 19.9. The Kier molecular flexibility index (Phi) is 5.69. The highest BCUT2D eigenvalue weighted by Crippen LogP contribution is 2.50. The number of rotatable bonds is 4. The van der Waals surface area contributed by atoms with E-state index in [1.165, 1.54) is 6.07 Å². The number of ether oxygens (including phenoxy) is 3. The monoisotopic (exact) mass is 504 g/mol. The molecule has 2 atom stereocenters. The largest absolute Gasteiger partial charge is 0.506 e. The zero-order valence-electron chi connectivity index (χ0n) is 17.7. The number of benzene rings is 3. The summed E-state index contributed by atoms with van der Waals surface area (Å²) in [5, 5.41) is 18.5. The Labute approximate surface area is 205 Å². The Balaban J connectivity index is 1.63. The van der Waals surface area contributed by atoms with Crippen molar-refractivity contribution in [1.82, 2.24) is 5.01 Å². The summed E-state index contributed by atoms with van der Waals surface area (Å²) in [6.45, 7) is 0. The molecule has 9 heteroatoms. The van der Waals surface area contributed by atoms with Gasteiger partial charge in [-0.2, -0.15) is 5.10 Å². The molecule has 0 unspecified atom stereocenters. The number of aromatic hydroxyl groups is 1. The molecule has 2 heterocycles. The van der Waals surface area contributed by atoms with Gasteiger partial charge in [0.25, 0.3) is 0 Å². The summed E-state index contributed by atoms with van der Waals surface area (Å²) in [5.41, 5.74) is 3.05. The molecule has 0 radical (unpaired) electrons. The predicted molar refractivity (Wildman–Crippen MR) is 128 cm³/mol. The molecule has 0 fully saturated rings. The molecule has 3 aromatic carbocycles. The maximum Gasteiger partial charge on any atom is 0.217 e. The van der Waals surface area contributed by atoms with Gasteiger partial charge >= 0.3 is 0 Å². The maximum absolute atomic E-state index is 10.7. The summed E-state index contributed by atoms with van der Waals surface area (Å²) in [6.07, 6.45) is -0.143. The van der Waals surface area contributed by atoms with Crippen molar-refractivity contribution in [2.24, 2.45) is 5.10 Å².